The standard InChI is InChI=1S/C42H31N4OPS2.Os/c1-4-14-31-24-37-38(41-39(31)43-49-45-41)25-32(40-42(37)46-50-44-40)22-21-30(23-33-27-47-26-28(33)2)29(3)48(34-15-8-5-9-16-34,35-17-10-6-11-18-35)36-19-12-7-13-20-36;/h4-25H,2,26-27H2,1H3;/q+1;/b14-4+,22-21+,30-29?,33-23?;. The second kappa shape index (κ2) is 14.6. The van der Waals surface area contributed by atoms with Gasteiger partial charge in [-0.2, -0.15) is 0 Å². The summed E-state index contributed by atoms with van der Waals surface area (Å²) in [5.41, 5.74) is 8.65. The minimum atomic E-state index is -2.47. The van der Waals surface area contributed by atoms with Crippen LogP contribution in [0.4, 0.5) is 0 Å². The molecule has 1 saturated heterocycles. The fourth-order valence-electron chi connectivity index (χ4n) is 6.82. The molecule has 0 atom stereocenters. The molecule has 1 aliphatic rings. The van der Waals surface area contributed by atoms with Crippen LogP contribution in [-0.2, 0) is 22.7 Å². The van der Waals surface area contributed by atoms with Crippen LogP contribution in [0.1, 0.15) is 18.1 Å². The van der Waals surface area contributed by atoms with Crippen LogP contribution in [-0.4, -0.2) is 30.7 Å². The summed E-state index contributed by atoms with van der Waals surface area (Å²) in [4.78, 5) is 0. The molecule has 0 saturated carbocycles. The number of ether oxygens (including phenoxy) is 1. The Kier molecular flexibility index (Phi) is 9.65. The van der Waals surface area contributed by atoms with Crippen molar-refractivity contribution in [1.29, 1.82) is 0 Å². The predicted octanol–water partition coefficient (Wildman–Crippen LogP) is 9.16. The van der Waals surface area contributed by atoms with Crippen LogP contribution in [0.25, 0.3) is 45.0 Å². The topological polar surface area (TPSA) is 60.8 Å². The van der Waals surface area contributed by atoms with E-state index in [0.29, 0.717) is 13.2 Å². The van der Waals surface area contributed by atoms with E-state index in [1.165, 1.54) is 39.4 Å². The van der Waals surface area contributed by atoms with E-state index in [2.05, 4.69) is 143 Å². The fraction of sp³-hybridized carbons (Fsp3) is 0.0714. The van der Waals surface area contributed by atoms with Gasteiger partial charge in [0.15, 0.2) is 0 Å². The molecule has 5 aromatic carbocycles. The van der Waals surface area contributed by atoms with Gasteiger partial charge < -0.3 is 0 Å². The predicted molar refractivity (Wildman–Crippen MR) is 214 cm³/mol. The van der Waals surface area contributed by atoms with Crippen molar-refractivity contribution in [2.24, 2.45) is 0 Å². The average molecular weight is 893 g/mol. The molecule has 249 valence electrons. The molecule has 51 heavy (non-hydrogen) atoms. The first kappa shape index (κ1) is 33.6. The zero-order valence-corrected chi connectivity index (χ0v) is 32.7. The van der Waals surface area contributed by atoms with Crippen molar-refractivity contribution >= 4 is 91.6 Å². The monoisotopic (exact) mass is 894 g/mol. The Hall–Kier alpha value is -4.49. The first-order valence-corrected chi connectivity index (χ1v) is 20.9. The molecular formula is C42H31N4OOsPS2+. The summed E-state index contributed by atoms with van der Waals surface area (Å²) in [7, 11) is -2.47. The summed E-state index contributed by atoms with van der Waals surface area (Å²) in [6.45, 7) is 7.42. The summed E-state index contributed by atoms with van der Waals surface area (Å²) >= 11 is 4.25. The summed E-state index contributed by atoms with van der Waals surface area (Å²) in [6, 6.07) is 37.1. The van der Waals surface area contributed by atoms with Gasteiger partial charge in [-0.05, 0) is 6.92 Å². The summed E-state index contributed by atoms with van der Waals surface area (Å²) in [6.07, 6.45) is 10.8. The molecule has 9 heteroatoms. The Bertz CT molecular complexity index is 2510. The van der Waals surface area contributed by atoms with Crippen molar-refractivity contribution in [3.63, 3.8) is 0 Å². The third-order valence-corrected chi connectivity index (χ3v) is 15.6. The molecule has 1 aliphatic heterocycles. The van der Waals surface area contributed by atoms with E-state index in [-0.39, 0.29) is 0 Å². The Morgan fingerprint density at radius 3 is 1.67 bits per heavy atom. The van der Waals surface area contributed by atoms with Crippen LogP contribution in [0.3, 0.4) is 0 Å². The van der Waals surface area contributed by atoms with E-state index in [0.717, 1.165) is 66.0 Å². The molecule has 0 unspecified atom stereocenters. The van der Waals surface area contributed by atoms with Gasteiger partial charge in [0.1, 0.15) is 0 Å². The van der Waals surface area contributed by atoms with Crippen LogP contribution in [0, 0.1) is 4.37 Å². The van der Waals surface area contributed by atoms with E-state index in [1.807, 2.05) is 13.0 Å². The van der Waals surface area contributed by atoms with E-state index >= 15 is 0 Å². The number of rotatable bonds is 8. The number of nitrogens with zero attached hydrogens (tertiary/aromatic N) is 4. The number of benzene rings is 5. The third kappa shape index (κ3) is 6.03. The summed E-state index contributed by atoms with van der Waals surface area (Å²) in [5, 5.41) is 6.96. The Morgan fingerprint density at radius 1 is 0.725 bits per heavy atom. The van der Waals surface area contributed by atoms with Gasteiger partial charge in [-0.1, -0.05) is 6.08 Å². The van der Waals surface area contributed by atoms with Gasteiger partial charge >= 0.3 is 304 Å². The average Bonchev–Trinajstić information content (AvgIpc) is 3.96. The molecule has 0 bridgehead atoms. The van der Waals surface area contributed by atoms with Crippen molar-refractivity contribution in [2.45, 2.75) is 6.92 Å². The maximum absolute atomic E-state index is 5.88. The van der Waals surface area contributed by atoms with E-state index < -0.39 is 7.26 Å². The van der Waals surface area contributed by atoms with Crippen molar-refractivity contribution in [3.8, 4) is 4.37 Å². The molecule has 7 aromatic rings. The fourth-order valence-corrected chi connectivity index (χ4v) is 13.8. The first-order valence-electron chi connectivity index (χ1n) is 16.4. The van der Waals surface area contributed by atoms with Gasteiger partial charge in [-0.25, -0.2) is 0 Å². The zero-order chi connectivity index (χ0) is 34.8. The number of allylic oxidation sites excluding steroid dienone is 5. The number of fused-ring (bicyclic) bond motifs is 5. The van der Waals surface area contributed by atoms with Crippen LogP contribution in [0.15, 0.2) is 150 Å². The van der Waals surface area contributed by atoms with Crippen LogP contribution in [0.5, 0.6) is 0 Å². The Balaban J connectivity index is 1.44. The summed E-state index contributed by atoms with van der Waals surface area (Å²) in [5.74, 6) is 0. The van der Waals surface area contributed by atoms with Crippen molar-refractivity contribution in [2.75, 3.05) is 13.2 Å². The van der Waals surface area contributed by atoms with Crippen molar-refractivity contribution < 1.29 is 22.7 Å². The van der Waals surface area contributed by atoms with Crippen molar-refractivity contribution in [3.05, 3.63) is 161 Å². The SMILES string of the molecule is C=C1COCC1=CC(/C=C/c1cc2c(cc(/C=C/C)c3nsnc32)c2nsnc12)=C([C]#[Os])[P+](c1ccccc1)(c1ccccc1)c1ccccc1. The van der Waals surface area contributed by atoms with E-state index in [1.54, 1.807) is 17.9 Å². The van der Waals surface area contributed by atoms with Crippen molar-refractivity contribution in [1.82, 2.24) is 17.5 Å². The van der Waals surface area contributed by atoms with E-state index in [9.17, 15) is 0 Å². The Morgan fingerprint density at radius 2 is 1.22 bits per heavy atom. The third-order valence-electron chi connectivity index (χ3n) is 9.15. The molecule has 5 nitrogen and oxygen atoms in total. The molecule has 0 radical (unpaired) electrons. The molecule has 1 fully saturated rings. The first-order chi connectivity index (χ1) is 25.1. The molecule has 2 aromatic heterocycles. The Labute approximate surface area is 315 Å². The normalized spacial score (nSPS) is 15.2. The molecule has 8 rings (SSSR count). The van der Waals surface area contributed by atoms with Crippen LogP contribution >= 0.6 is 30.7 Å². The van der Waals surface area contributed by atoms with Gasteiger partial charge in [0.25, 0.3) is 0 Å². The minimum absolute atomic E-state index is 0.516. The van der Waals surface area contributed by atoms with Crippen LogP contribution < -0.4 is 15.9 Å². The second-order valence-corrected chi connectivity index (χ2v) is 17.1. The second-order valence-electron chi connectivity index (χ2n) is 12.1. The molecule has 0 amide bonds. The van der Waals surface area contributed by atoms with Gasteiger partial charge in [-0.15, -0.1) is 0 Å². The number of aromatic nitrogens is 4. The van der Waals surface area contributed by atoms with Gasteiger partial charge in [0.05, 0.1) is 0 Å². The van der Waals surface area contributed by atoms with Gasteiger partial charge in [0.2, 0.25) is 0 Å². The molecule has 0 N–H and O–H groups in total. The molecule has 0 spiro atoms. The molecular weight excluding hydrogens is 862 g/mol. The van der Waals surface area contributed by atoms with E-state index in [4.69, 9.17) is 17.9 Å². The van der Waals surface area contributed by atoms with Gasteiger partial charge in [-0.3, -0.25) is 0 Å². The van der Waals surface area contributed by atoms with Gasteiger partial charge in [0, 0.05) is 0 Å². The molecule has 0 aliphatic carbocycles. The number of hydrogen-bond acceptors (Lipinski definition) is 7. The summed E-state index contributed by atoms with van der Waals surface area (Å²) < 4.78 is 28.7. The number of hydrogen-bond donors (Lipinski definition) is 0. The zero-order valence-electron chi connectivity index (χ0n) is 27.6. The quantitative estimate of drug-likeness (QED) is 0.113. The maximum atomic E-state index is 5.88. The van der Waals surface area contributed by atoms with Crippen LogP contribution in [0.2, 0.25) is 0 Å². The molecule has 3 heterocycles.